The molecule has 1 amide bonds. The van der Waals surface area contributed by atoms with E-state index in [9.17, 15) is 13.2 Å². The standard InChI is InChI=1S/C25H29N3O5S2/c1-28(19-7-5-4-6-8-19)35(30,31)20-12-9-17(10-13-20)24(29)27-25-26-21(16-34-25)18-11-14-22(32-2)23(15-18)33-3/h9-16,19H,4-8H2,1-3H3,(H,26,27,29). The number of amides is 1. The highest BCUT2D eigenvalue weighted by Crippen LogP contribution is 2.33. The minimum absolute atomic E-state index is 0.0292. The summed E-state index contributed by atoms with van der Waals surface area (Å²) in [6.45, 7) is 0. The second-order valence-electron chi connectivity index (χ2n) is 8.40. The summed E-state index contributed by atoms with van der Waals surface area (Å²) in [5, 5.41) is 5.06. The summed E-state index contributed by atoms with van der Waals surface area (Å²) < 4.78 is 38.1. The van der Waals surface area contributed by atoms with Crippen molar-refractivity contribution in [3.8, 4) is 22.8 Å². The van der Waals surface area contributed by atoms with Gasteiger partial charge in [0.05, 0.1) is 24.8 Å². The number of nitrogens with zero attached hydrogens (tertiary/aromatic N) is 2. The molecule has 1 aliphatic carbocycles. The Bertz CT molecular complexity index is 1280. The van der Waals surface area contributed by atoms with E-state index in [1.54, 1.807) is 27.3 Å². The van der Waals surface area contributed by atoms with Crippen LogP contribution in [0.15, 0.2) is 52.7 Å². The van der Waals surface area contributed by atoms with Crippen molar-refractivity contribution in [2.24, 2.45) is 0 Å². The van der Waals surface area contributed by atoms with Gasteiger partial charge in [-0.1, -0.05) is 19.3 Å². The lowest BCUT2D eigenvalue weighted by Crippen LogP contribution is -2.38. The third kappa shape index (κ3) is 5.50. The van der Waals surface area contributed by atoms with Crippen molar-refractivity contribution in [3.63, 3.8) is 0 Å². The maximum absolute atomic E-state index is 13.0. The molecule has 1 saturated carbocycles. The molecule has 3 aromatic rings. The molecular weight excluding hydrogens is 486 g/mol. The Morgan fingerprint density at radius 3 is 2.37 bits per heavy atom. The molecule has 10 heteroatoms. The Hall–Kier alpha value is -2.95. The molecule has 8 nitrogen and oxygen atoms in total. The van der Waals surface area contributed by atoms with Gasteiger partial charge in [0, 0.05) is 29.6 Å². The molecule has 0 spiro atoms. The Labute approximate surface area is 210 Å². The van der Waals surface area contributed by atoms with Gasteiger partial charge in [-0.2, -0.15) is 4.31 Å². The van der Waals surface area contributed by atoms with Crippen LogP contribution in [-0.4, -0.2) is 50.9 Å². The van der Waals surface area contributed by atoms with E-state index in [2.05, 4.69) is 10.3 Å². The largest absolute Gasteiger partial charge is 0.493 e. The molecule has 2 aromatic carbocycles. The van der Waals surface area contributed by atoms with Crippen LogP contribution >= 0.6 is 11.3 Å². The molecule has 1 aromatic heterocycles. The number of benzene rings is 2. The number of hydrogen-bond donors (Lipinski definition) is 1. The van der Waals surface area contributed by atoms with Crippen LogP contribution in [0.5, 0.6) is 11.5 Å². The molecule has 186 valence electrons. The molecule has 1 aliphatic rings. The Morgan fingerprint density at radius 2 is 1.71 bits per heavy atom. The zero-order chi connectivity index (χ0) is 25.0. The summed E-state index contributed by atoms with van der Waals surface area (Å²) in [4.78, 5) is 17.4. The molecule has 0 radical (unpaired) electrons. The number of anilines is 1. The second-order valence-corrected chi connectivity index (χ2v) is 11.3. The summed E-state index contributed by atoms with van der Waals surface area (Å²) in [6, 6.07) is 11.5. The first-order chi connectivity index (χ1) is 16.8. The predicted molar refractivity (Wildman–Crippen MR) is 137 cm³/mol. The Kier molecular flexibility index (Phi) is 7.73. The molecule has 0 unspecified atom stereocenters. The summed E-state index contributed by atoms with van der Waals surface area (Å²) in [5.74, 6) is 0.853. The fraction of sp³-hybridized carbons (Fsp3) is 0.360. The van der Waals surface area contributed by atoms with Crippen molar-refractivity contribution in [1.82, 2.24) is 9.29 Å². The highest BCUT2D eigenvalue weighted by atomic mass is 32.2. The Morgan fingerprint density at radius 1 is 1.03 bits per heavy atom. The fourth-order valence-corrected chi connectivity index (χ4v) is 6.34. The molecule has 0 aliphatic heterocycles. The first-order valence-electron chi connectivity index (χ1n) is 11.4. The van der Waals surface area contributed by atoms with Crippen LogP contribution < -0.4 is 14.8 Å². The monoisotopic (exact) mass is 515 g/mol. The highest BCUT2D eigenvalue weighted by molar-refractivity contribution is 7.89. The van der Waals surface area contributed by atoms with Gasteiger partial charge in [-0.15, -0.1) is 11.3 Å². The van der Waals surface area contributed by atoms with E-state index in [0.717, 1.165) is 37.7 Å². The summed E-state index contributed by atoms with van der Waals surface area (Å²) >= 11 is 1.30. The number of aromatic nitrogens is 1. The van der Waals surface area contributed by atoms with Gasteiger partial charge in [-0.3, -0.25) is 10.1 Å². The van der Waals surface area contributed by atoms with Gasteiger partial charge < -0.3 is 9.47 Å². The van der Waals surface area contributed by atoms with Crippen molar-refractivity contribution in [1.29, 1.82) is 0 Å². The topological polar surface area (TPSA) is 97.8 Å². The maximum atomic E-state index is 13.0. The molecule has 0 atom stereocenters. The summed E-state index contributed by atoms with van der Waals surface area (Å²) in [7, 11) is 1.18. The van der Waals surface area contributed by atoms with Gasteiger partial charge in [0.1, 0.15) is 0 Å². The molecular formula is C25H29N3O5S2. The van der Waals surface area contributed by atoms with E-state index in [4.69, 9.17) is 9.47 Å². The van der Waals surface area contributed by atoms with E-state index in [-0.39, 0.29) is 16.8 Å². The average Bonchev–Trinajstić information content (AvgIpc) is 3.36. The lowest BCUT2D eigenvalue weighted by Gasteiger charge is -2.30. The number of carbonyl (C=O) groups is 1. The highest BCUT2D eigenvalue weighted by Gasteiger charge is 2.29. The first-order valence-corrected chi connectivity index (χ1v) is 13.7. The number of nitrogens with one attached hydrogen (secondary N) is 1. The van der Waals surface area contributed by atoms with Crippen LogP contribution in [0.25, 0.3) is 11.3 Å². The van der Waals surface area contributed by atoms with Crippen LogP contribution in [0.3, 0.4) is 0 Å². The van der Waals surface area contributed by atoms with Crippen molar-refractivity contribution in [2.75, 3.05) is 26.6 Å². The van der Waals surface area contributed by atoms with Crippen LogP contribution in [0.4, 0.5) is 5.13 Å². The first kappa shape index (κ1) is 25.2. The van der Waals surface area contributed by atoms with Gasteiger partial charge in [0.25, 0.3) is 5.91 Å². The van der Waals surface area contributed by atoms with E-state index >= 15 is 0 Å². The van der Waals surface area contributed by atoms with Gasteiger partial charge in [0.15, 0.2) is 16.6 Å². The third-order valence-electron chi connectivity index (χ3n) is 6.29. The van der Waals surface area contributed by atoms with Crippen LogP contribution in [-0.2, 0) is 10.0 Å². The van der Waals surface area contributed by atoms with E-state index < -0.39 is 10.0 Å². The zero-order valence-electron chi connectivity index (χ0n) is 20.0. The smallest absolute Gasteiger partial charge is 0.257 e. The molecule has 1 fully saturated rings. The normalized spacial score (nSPS) is 14.6. The predicted octanol–water partition coefficient (Wildman–Crippen LogP) is 5.03. The molecule has 35 heavy (non-hydrogen) atoms. The van der Waals surface area contributed by atoms with Gasteiger partial charge >= 0.3 is 0 Å². The lowest BCUT2D eigenvalue weighted by atomic mass is 9.96. The third-order valence-corrected chi connectivity index (χ3v) is 8.97. The number of sulfonamides is 1. The van der Waals surface area contributed by atoms with Gasteiger partial charge in [-0.25, -0.2) is 13.4 Å². The van der Waals surface area contributed by atoms with Gasteiger partial charge in [-0.05, 0) is 55.3 Å². The lowest BCUT2D eigenvalue weighted by molar-refractivity contribution is 0.102. The van der Waals surface area contributed by atoms with Crippen molar-refractivity contribution in [3.05, 3.63) is 53.4 Å². The number of rotatable bonds is 8. The molecule has 0 saturated heterocycles. The summed E-state index contributed by atoms with van der Waals surface area (Å²) in [6.07, 6.45) is 5.02. The molecule has 4 rings (SSSR count). The number of ether oxygens (including phenoxy) is 2. The quantitative estimate of drug-likeness (QED) is 0.452. The minimum Gasteiger partial charge on any atom is -0.493 e. The molecule has 1 N–H and O–H groups in total. The Balaban J connectivity index is 1.44. The molecule has 1 heterocycles. The van der Waals surface area contributed by atoms with E-state index in [1.165, 1.54) is 39.9 Å². The van der Waals surface area contributed by atoms with E-state index in [1.807, 2.05) is 17.5 Å². The van der Waals surface area contributed by atoms with Crippen molar-refractivity contribution < 1.29 is 22.7 Å². The van der Waals surface area contributed by atoms with Crippen molar-refractivity contribution in [2.45, 2.75) is 43.0 Å². The zero-order valence-corrected chi connectivity index (χ0v) is 21.6. The van der Waals surface area contributed by atoms with Gasteiger partial charge in [0.2, 0.25) is 10.0 Å². The number of methoxy groups -OCH3 is 2. The van der Waals surface area contributed by atoms with Crippen LogP contribution in [0, 0.1) is 0 Å². The molecule has 0 bridgehead atoms. The SMILES string of the molecule is COc1ccc(-c2csc(NC(=O)c3ccc(S(=O)(=O)N(C)C4CCCCC4)cc3)n2)cc1OC. The number of thiazole rings is 1. The summed E-state index contributed by atoms with van der Waals surface area (Å²) in [5.41, 5.74) is 1.88. The maximum Gasteiger partial charge on any atom is 0.257 e. The van der Waals surface area contributed by atoms with Crippen LogP contribution in [0.1, 0.15) is 42.5 Å². The second kappa shape index (κ2) is 10.8. The minimum atomic E-state index is -3.61. The number of hydrogen-bond acceptors (Lipinski definition) is 7. The van der Waals surface area contributed by atoms with E-state index in [0.29, 0.717) is 27.9 Å². The average molecular weight is 516 g/mol. The number of carbonyl (C=O) groups excluding carboxylic acids is 1. The van der Waals surface area contributed by atoms with Crippen LogP contribution in [0.2, 0.25) is 0 Å². The van der Waals surface area contributed by atoms with Crippen molar-refractivity contribution >= 4 is 32.4 Å². The fourth-order valence-electron chi connectivity index (χ4n) is 4.21.